The Kier molecular flexibility index (Phi) is 6.70. The van der Waals surface area contributed by atoms with Gasteiger partial charge in [0.15, 0.2) is 0 Å². The van der Waals surface area contributed by atoms with Crippen LogP contribution in [0.1, 0.15) is 17.2 Å². The van der Waals surface area contributed by atoms with Crippen LogP contribution in [-0.2, 0) is 11.3 Å². The number of ether oxygens (including phenoxy) is 2. The average Bonchev–Trinajstić information content (AvgIpc) is 2.67. The lowest BCUT2D eigenvalue weighted by atomic mass is 10.0. The minimum atomic E-state index is 0.312. The summed E-state index contributed by atoms with van der Waals surface area (Å²) in [5, 5.41) is 4.36. The summed E-state index contributed by atoms with van der Waals surface area (Å²) in [7, 11) is 1.70. The Bertz CT molecular complexity index is 657. The molecule has 3 rings (SSSR count). The van der Waals surface area contributed by atoms with Gasteiger partial charge in [-0.2, -0.15) is 0 Å². The highest BCUT2D eigenvalue weighted by atomic mass is 35.5. The van der Waals surface area contributed by atoms with Gasteiger partial charge in [-0.1, -0.05) is 35.9 Å². The van der Waals surface area contributed by atoms with E-state index < -0.39 is 0 Å². The van der Waals surface area contributed by atoms with Crippen molar-refractivity contribution in [3.05, 3.63) is 64.7 Å². The normalized spacial score (nSPS) is 16.6. The second-order valence-electron chi connectivity index (χ2n) is 6.20. The Morgan fingerprint density at radius 1 is 1.16 bits per heavy atom. The number of hydrogen-bond donors (Lipinski definition) is 1. The van der Waals surface area contributed by atoms with Gasteiger partial charge in [-0.25, -0.2) is 0 Å². The minimum Gasteiger partial charge on any atom is -0.497 e. The van der Waals surface area contributed by atoms with Gasteiger partial charge in [0.05, 0.1) is 20.3 Å². The Labute approximate surface area is 154 Å². The van der Waals surface area contributed by atoms with Crippen LogP contribution in [0.15, 0.2) is 48.5 Å². The van der Waals surface area contributed by atoms with Crippen molar-refractivity contribution in [2.24, 2.45) is 0 Å². The lowest BCUT2D eigenvalue weighted by molar-refractivity contribution is 0.0161. The van der Waals surface area contributed by atoms with E-state index in [0.29, 0.717) is 6.04 Å². The second kappa shape index (κ2) is 9.20. The van der Waals surface area contributed by atoms with E-state index in [2.05, 4.69) is 34.5 Å². The summed E-state index contributed by atoms with van der Waals surface area (Å²) in [6.45, 7) is 5.17. The van der Waals surface area contributed by atoms with E-state index in [4.69, 9.17) is 21.1 Å². The molecule has 25 heavy (non-hydrogen) atoms. The molecule has 134 valence electrons. The van der Waals surface area contributed by atoms with Crippen LogP contribution in [0.4, 0.5) is 0 Å². The SMILES string of the molecule is COc1cccc(CNCC(c2ccc(Cl)cc2)N2CCOCC2)c1. The monoisotopic (exact) mass is 360 g/mol. The van der Waals surface area contributed by atoms with E-state index in [9.17, 15) is 0 Å². The maximum Gasteiger partial charge on any atom is 0.119 e. The van der Waals surface area contributed by atoms with Crippen molar-refractivity contribution in [3.8, 4) is 5.75 Å². The summed E-state index contributed by atoms with van der Waals surface area (Å²) in [5.41, 5.74) is 2.50. The standard InChI is InChI=1S/C20H25ClN2O2/c1-24-19-4-2-3-16(13-19)14-22-15-20(23-9-11-25-12-10-23)17-5-7-18(21)8-6-17/h2-8,13,20,22H,9-12,14-15H2,1H3. The fourth-order valence-electron chi connectivity index (χ4n) is 3.17. The fourth-order valence-corrected chi connectivity index (χ4v) is 3.29. The van der Waals surface area contributed by atoms with E-state index >= 15 is 0 Å². The maximum atomic E-state index is 6.05. The zero-order valence-electron chi connectivity index (χ0n) is 14.6. The zero-order chi connectivity index (χ0) is 17.5. The third kappa shape index (κ3) is 5.19. The molecule has 0 saturated carbocycles. The molecule has 1 heterocycles. The fraction of sp³-hybridized carbons (Fsp3) is 0.400. The van der Waals surface area contributed by atoms with Gasteiger partial charge in [-0.05, 0) is 35.4 Å². The molecule has 2 aromatic carbocycles. The summed E-state index contributed by atoms with van der Waals surface area (Å²) in [6.07, 6.45) is 0. The first-order valence-electron chi connectivity index (χ1n) is 8.67. The Hall–Kier alpha value is -1.59. The molecule has 0 aromatic heterocycles. The molecule has 1 aliphatic rings. The second-order valence-corrected chi connectivity index (χ2v) is 6.63. The summed E-state index contributed by atoms with van der Waals surface area (Å²) >= 11 is 6.05. The number of rotatable bonds is 7. The molecule has 0 spiro atoms. The first-order valence-corrected chi connectivity index (χ1v) is 9.05. The van der Waals surface area contributed by atoms with Crippen molar-refractivity contribution in [2.45, 2.75) is 12.6 Å². The molecular weight excluding hydrogens is 336 g/mol. The highest BCUT2D eigenvalue weighted by Crippen LogP contribution is 2.23. The maximum absolute atomic E-state index is 6.05. The van der Waals surface area contributed by atoms with E-state index in [-0.39, 0.29) is 0 Å². The number of methoxy groups -OCH3 is 1. The largest absolute Gasteiger partial charge is 0.497 e. The van der Waals surface area contributed by atoms with E-state index in [1.165, 1.54) is 11.1 Å². The molecular formula is C20H25ClN2O2. The molecule has 5 heteroatoms. The highest BCUT2D eigenvalue weighted by Gasteiger charge is 2.22. The van der Waals surface area contributed by atoms with E-state index in [0.717, 1.165) is 50.2 Å². The molecule has 1 aliphatic heterocycles. The number of benzene rings is 2. The first kappa shape index (κ1) is 18.2. The third-order valence-corrected chi connectivity index (χ3v) is 4.79. The topological polar surface area (TPSA) is 33.7 Å². The molecule has 1 atom stereocenters. The Balaban J connectivity index is 1.65. The molecule has 4 nitrogen and oxygen atoms in total. The number of nitrogens with zero attached hydrogens (tertiary/aromatic N) is 1. The Morgan fingerprint density at radius 3 is 2.64 bits per heavy atom. The van der Waals surface area contributed by atoms with Crippen molar-refractivity contribution in [2.75, 3.05) is 40.0 Å². The molecule has 1 saturated heterocycles. The van der Waals surface area contributed by atoms with E-state index in [1.54, 1.807) is 7.11 Å². The lowest BCUT2D eigenvalue weighted by Crippen LogP contribution is -2.42. The summed E-state index contributed by atoms with van der Waals surface area (Å²) < 4.78 is 10.8. The quantitative estimate of drug-likeness (QED) is 0.819. The summed E-state index contributed by atoms with van der Waals surface area (Å²) in [4.78, 5) is 2.48. The van der Waals surface area contributed by atoms with Gasteiger partial charge < -0.3 is 14.8 Å². The van der Waals surface area contributed by atoms with Gasteiger partial charge in [0.2, 0.25) is 0 Å². The van der Waals surface area contributed by atoms with Gasteiger partial charge in [0, 0.05) is 37.2 Å². The van der Waals surface area contributed by atoms with Crippen LogP contribution in [-0.4, -0.2) is 44.9 Å². The Morgan fingerprint density at radius 2 is 1.92 bits per heavy atom. The third-order valence-electron chi connectivity index (χ3n) is 4.54. The van der Waals surface area contributed by atoms with Gasteiger partial charge in [0.1, 0.15) is 5.75 Å². The minimum absolute atomic E-state index is 0.312. The first-order chi connectivity index (χ1) is 12.3. The van der Waals surface area contributed by atoms with Crippen molar-refractivity contribution in [3.63, 3.8) is 0 Å². The number of halogens is 1. The molecule has 0 radical (unpaired) electrons. The van der Waals surface area contributed by atoms with Crippen molar-refractivity contribution in [1.82, 2.24) is 10.2 Å². The molecule has 0 amide bonds. The predicted octanol–water partition coefficient (Wildman–Crippen LogP) is 3.51. The molecule has 1 fully saturated rings. The van der Waals surface area contributed by atoms with Gasteiger partial charge in [0.25, 0.3) is 0 Å². The van der Waals surface area contributed by atoms with Crippen LogP contribution in [0.25, 0.3) is 0 Å². The van der Waals surface area contributed by atoms with Crippen molar-refractivity contribution < 1.29 is 9.47 Å². The lowest BCUT2D eigenvalue weighted by Gasteiger charge is -2.35. The number of hydrogen-bond acceptors (Lipinski definition) is 4. The van der Waals surface area contributed by atoms with Crippen LogP contribution in [0.5, 0.6) is 5.75 Å². The molecule has 1 unspecified atom stereocenters. The molecule has 2 aromatic rings. The average molecular weight is 361 g/mol. The summed E-state index contributed by atoms with van der Waals surface area (Å²) in [5.74, 6) is 0.890. The smallest absolute Gasteiger partial charge is 0.119 e. The molecule has 1 N–H and O–H groups in total. The van der Waals surface area contributed by atoms with Crippen LogP contribution in [0.2, 0.25) is 5.02 Å². The van der Waals surface area contributed by atoms with Crippen LogP contribution in [0, 0.1) is 0 Å². The predicted molar refractivity (Wildman–Crippen MR) is 101 cm³/mol. The highest BCUT2D eigenvalue weighted by molar-refractivity contribution is 6.30. The van der Waals surface area contributed by atoms with Gasteiger partial charge in [-0.3, -0.25) is 4.90 Å². The van der Waals surface area contributed by atoms with E-state index in [1.807, 2.05) is 24.3 Å². The van der Waals surface area contributed by atoms with Crippen molar-refractivity contribution in [1.29, 1.82) is 0 Å². The molecule has 0 bridgehead atoms. The summed E-state index contributed by atoms with van der Waals surface area (Å²) in [6, 6.07) is 16.7. The van der Waals surface area contributed by atoms with Crippen LogP contribution in [0.3, 0.4) is 0 Å². The number of morpholine rings is 1. The number of nitrogens with one attached hydrogen (secondary N) is 1. The van der Waals surface area contributed by atoms with Crippen LogP contribution < -0.4 is 10.1 Å². The van der Waals surface area contributed by atoms with Crippen LogP contribution >= 0.6 is 11.6 Å². The van der Waals surface area contributed by atoms with Crippen molar-refractivity contribution >= 4 is 11.6 Å². The zero-order valence-corrected chi connectivity index (χ0v) is 15.3. The molecule has 0 aliphatic carbocycles. The van der Waals surface area contributed by atoms with Gasteiger partial charge >= 0.3 is 0 Å². The van der Waals surface area contributed by atoms with Gasteiger partial charge in [-0.15, -0.1) is 0 Å².